The highest BCUT2D eigenvalue weighted by Crippen LogP contribution is 2.16. The second-order valence-electron chi connectivity index (χ2n) is 5.78. The first-order chi connectivity index (χ1) is 11.9. The number of carbonyl (C=O) groups excluding carboxylic acids is 2. The second kappa shape index (κ2) is 8.82. The van der Waals surface area contributed by atoms with E-state index in [1.54, 1.807) is 50.5 Å². The second-order valence-corrected chi connectivity index (χ2v) is 5.78. The first kappa shape index (κ1) is 18.4. The lowest BCUT2D eigenvalue weighted by molar-refractivity contribution is -0.130. The molecule has 0 bridgehead atoms. The summed E-state index contributed by atoms with van der Waals surface area (Å²) in [7, 11) is 3.32. The Bertz CT molecular complexity index is 730. The first-order valence-electron chi connectivity index (χ1n) is 7.91. The van der Waals surface area contributed by atoms with Crippen LogP contribution in [0.15, 0.2) is 48.5 Å². The van der Waals surface area contributed by atoms with Crippen LogP contribution < -0.4 is 10.1 Å². The number of carbonyl (C=O) groups is 2. The number of anilines is 1. The minimum atomic E-state index is -0.304. The predicted molar refractivity (Wildman–Crippen MR) is 94.0 cm³/mol. The molecule has 0 aromatic heterocycles. The molecule has 0 heterocycles. The van der Waals surface area contributed by atoms with Gasteiger partial charge in [0.2, 0.25) is 5.91 Å². The Morgan fingerprint density at radius 1 is 1.12 bits per heavy atom. The van der Waals surface area contributed by atoms with E-state index in [9.17, 15) is 14.0 Å². The van der Waals surface area contributed by atoms with E-state index in [0.717, 1.165) is 5.56 Å². The molecule has 2 amide bonds. The lowest BCUT2D eigenvalue weighted by Gasteiger charge is -2.11. The third-order valence-electron chi connectivity index (χ3n) is 3.53. The van der Waals surface area contributed by atoms with Gasteiger partial charge >= 0.3 is 0 Å². The van der Waals surface area contributed by atoms with Crippen LogP contribution in [0.5, 0.6) is 5.75 Å². The van der Waals surface area contributed by atoms with Gasteiger partial charge in [-0.05, 0) is 48.4 Å². The van der Waals surface area contributed by atoms with Gasteiger partial charge in [-0.2, -0.15) is 0 Å². The Morgan fingerprint density at radius 3 is 2.48 bits per heavy atom. The summed E-state index contributed by atoms with van der Waals surface area (Å²) in [6, 6.07) is 13.0. The van der Waals surface area contributed by atoms with E-state index in [-0.39, 0.29) is 30.7 Å². The van der Waals surface area contributed by atoms with Crippen LogP contribution in [0.3, 0.4) is 0 Å². The molecule has 0 saturated carbocycles. The minimum Gasteiger partial charge on any atom is -0.484 e. The number of nitrogens with zero attached hydrogens (tertiary/aromatic N) is 1. The molecule has 0 radical (unpaired) electrons. The fraction of sp³-hybridized carbons (Fsp3) is 0.263. The molecule has 0 aliphatic rings. The molecule has 1 N–H and O–H groups in total. The minimum absolute atomic E-state index is 0.0354. The van der Waals surface area contributed by atoms with Crippen molar-refractivity contribution in [3.05, 3.63) is 59.9 Å². The van der Waals surface area contributed by atoms with Crippen LogP contribution in [-0.4, -0.2) is 37.4 Å². The van der Waals surface area contributed by atoms with Crippen molar-refractivity contribution < 1.29 is 18.7 Å². The average Bonchev–Trinajstić information content (AvgIpc) is 2.59. The molecule has 0 aliphatic carbocycles. The molecule has 2 rings (SSSR count). The Kier molecular flexibility index (Phi) is 6.51. The van der Waals surface area contributed by atoms with Crippen LogP contribution in [0.2, 0.25) is 0 Å². The predicted octanol–water partition coefficient (Wildman–Crippen LogP) is 2.86. The smallest absolute Gasteiger partial charge is 0.259 e. The molecule has 2 aromatic rings. The van der Waals surface area contributed by atoms with E-state index in [4.69, 9.17) is 4.74 Å². The van der Waals surface area contributed by atoms with Crippen molar-refractivity contribution in [3.8, 4) is 5.75 Å². The zero-order valence-electron chi connectivity index (χ0n) is 14.3. The van der Waals surface area contributed by atoms with Crippen LogP contribution in [0.4, 0.5) is 10.1 Å². The number of amides is 2. The number of benzene rings is 2. The molecule has 25 heavy (non-hydrogen) atoms. The summed E-state index contributed by atoms with van der Waals surface area (Å²) in [6.45, 7) is -0.0354. The normalized spacial score (nSPS) is 10.2. The maximum absolute atomic E-state index is 13.1. The summed E-state index contributed by atoms with van der Waals surface area (Å²) in [5.74, 6) is -0.0374. The van der Waals surface area contributed by atoms with E-state index >= 15 is 0 Å². The lowest BCUT2D eigenvalue weighted by Crippen LogP contribution is -2.27. The van der Waals surface area contributed by atoms with Gasteiger partial charge in [-0.3, -0.25) is 9.59 Å². The summed E-state index contributed by atoms with van der Waals surface area (Å²) >= 11 is 0. The van der Waals surface area contributed by atoms with Gasteiger partial charge in [0.05, 0.1) is 0 Å². The van der Waals surface area contributed by atoms with Gasteiger partial charge in [0.15, 0.2) is 6.61 Å². The number of rotatable bonds is 7. The maximum atomic E-state index is 13.1. The van der Waals surface area contributed by atoms with Gasteiger partial charge in [0.25, 0.3) is 5.91 Å². The van der Waals surface area contributed by atoms with Gasteiger partial charge in [-0.25, -0.2) is 4.39 Å². The van der Waals surface area contributed by atoms with Crippen molar-refractivity contribution in [1.82, 2.24) is 4.90 Å². The molecular weight excluding hydrogens is 323 g/mol. The van der Waals surface area contributed by atoms with Crippen molar-refractivity contribution in [2.24, 2.45) is 0 Å². The lowest BCUT2D eigenvalue weighted by atomic mass is 10.1. The highest BCUT2D eigenvalue weighted by Gasteiger charge is 2.06. The zero-order valence-corrected chi connectivity index (χ0v) is 14.3. The fourth-order valence-electron chi connectivity index (χ4n) is 2.08. The summed E-state index contributed by atoms with van der Waals surface area (Å²) in [5.41, 5.74) is 1.42. The number of ether oxygens (including phenoxy) is 1. The molecule has 0 unspecified atom stereocenters. The maximum Gasteiger partial charge on any atom is 0.259 e. The molecule has 0 spiro atoms. The van der Waals surface area contributed by atoms with E-state index in [1.807, 2.05) is 0 Å². The number of aryl methyl sites for hydroxylation is 1. The van der Waals surface area contributed by atoms with Crippen molar-refractivity contribution in [2.75, 3.05) is 26.0 Å². The summed E-state index contributed by atoms with van der Waals surface area (Å²) in [6.07, 6.45) is 0.733. The zero-order chi connectivity index (χ0) is 18.2. The van der Waals surface area contributed by atoms with Crippen LogP contribution in [0.1, 0.15) is 12.0 Å². The van der Waals surface area contributed by atoms with Gasteiger partial charge < -0.3 is 15.0 Å². The van der Waals surface area contributed by atoms with E-state index < -0.39 is 0 Å². The van der Waals surface area contributed by atoms with E-state index in [1.165, 1.54) is 17.0 Å². The molecular formula is C19H21FN2O3. The Hall–Kier alpha value is -2.89. The topological polar surface area (TPSA) is 58.6 Å². The van der Waals surface area contributed by atoms with E-state index in [2.05, 4.69) is 5.32 Å². The molecule has 6 heteroatoms. The van der Waals surface area contributed by atoms with Crippen molar-refractivity contribution in [3.63, 3.8) is 0 Å². The number of hydrogen-bond acceptors (Lipinski definition) is 3. The van der Waals surface area contributed by atoms with Gasteiger partial charge in [-0.15, -0.1) is 0 Å². The van der Waals surface area contributed by atoms with Gasteiger partial charge in [0, 0.05) is 26.2 Å². The van der Waals surface area contributed by atoms with E-state index in [0.29, 0.717) is 17.9 Å². The average molecular weight is 344 g/mol. The monoisotopic (exact) mass is 344 g/mol. The van der Waals surface area contributed by atoms with Gasteiger partial charge in [0.1, 0.15) is 11.6 Å². The fourth-order valence-corrected chi connectivity index (χ4v) is 2.08. The number of hydrogen-bond donors (Lipinski definition) is 1. The molecule has 0 fully saturated rings. The summed E-state index contributed by atoms with van der Waals surface area (Å²) < 4.78 is 18.5. The Balaban J connectivity index is 1.80. The molecule has 2 aromatic carbocycles. The van der Waals surface area contributed by atoms with Crippen molar-refractivity contribution >= 4 is 17.5 Å². The standard InChI is InChI=1S/C19H21FN2O3/c1-22(2)19(24)13-25-17-9-7-16(8-10-17)21-18(23)11-6-14-4-3-5-15(20)12-14/h3-5,7-10,12H,6,11,13H2,1-2H3,(H,21,23). The number of halogens is 1. The highest BCUT2D eigenvalue weighted by molar-refractivity contribution is 5.90. The van der Waals surface area contributed by atoms with Crippen LogP contribution in [0.25, 0.3) is 0 Å². The summed E-state index contributed by atoms with van der Waals surface area (Å²) in [4.78, 5) is 24.9. The van der Waals surface area contributed by atoms with Crippen LogP contribution in [-0.2, 0) is 16.0 Å². The molecule has 5 nitrogen and oxygen atoms in total. The van der Waals surface area contributed by atoms with Crippen LogP contribution in [0, 0.1) is 5.82 Å². The first-order valence-corrected chi connectivity index (χ1v) is 7.91. The van der Waals surface area contributed by atoms with Gasteiger partial charge in [-0.1, -0.05) is 12.1 Å². The Morgan fingerprint density at radius 2 is 1.84 bits per heavy atom. The molecule has 0 saturated heterocycles. The summed E-state index contributed by atoms with van der Waals surface area (Å²) in [5, 5.41) is 2.77. The third-order valence-corrected chi connectivity index (χ3v) is 3.53. The highest BCUT2D eigenvalue weighted by atomic mass is 19.1. The third kappa shape index (κ3) is 6.25. The molecule has 132 valence electrons. The SMILES string of the molecule is CN(C)C(=O)COc1ccc(NC(=O)CCc2cccc(F)c2)cc1. The van der Waals surface area contributed by atoms with Crippen LogP contribution >= 0.6 is 0 Å². The van der Waals surface area contributed by atoms with Crippen molar-refractivity contribution in [2.45, 2.75) is 12.8 Å². The number of likely N-dealkylation sites (N-methyl/N-ethyl adjacent to an activating group) is 1. The molecule has 0 atom stereocenters. The number of nitrogens with one attached hydrogen (secondary N) is 1. The van der Waals surface area contributed by atoms with Crippen molar-refractivity contribution in [1.29, 1.82) is 0 Å². The molecule has 0 aliphatic heterocycles. The largest absolute Gasteiger partial charge is 0.484 e. The quantitative estimate of drug-likeness (QED) is 0.840. The Labute approximate surface area is 146 Å².